The van der Waals surface area contributed by atoms with Gasteiger partial charge in [0.1, 0.15) is 5.82 Å². The molecule has 1 aromatic rings. The molecule has 0 atom stereocenters. The highest BCUT2D eigenvalue weighted by Gasteiger charge is 2.12. The maximum atomic E-state index is 5.95. The van der Waals surface area contributed by atoms with Crippen LogP contribution in [0.5, 0.6) is 0 Å². The summed E-state index contributed by atoms with van der Waals surface area (Å²) in [6.07, 6.45) is 7.96. The minimum absolute atomic E-state index is 0.487. The third-order valence-corrected chi connectivity index (χ3v) is 4.43. The third-order valence-electron chi connectivity index (χ3n) is 4.43. The van der Waals surface area contributed by atoms with Crippen LogP contribution >= 0.6 is 0 Å². The van der Waals surface area contributed by atoms with Crippen LogP contribution in [0.25, 0.3) is 0 Å². The fourth-order valence-electron chi connectivity index (χ4n) is 2.97. The standard InChI is InChI=1S/C19H33N5O/c1-20-19(21-13-8-14-25-17-10-5-4-6-11-17)22-15-16-9-7-12-18(23-16)24(2)3/h7,9,12,17H,4-6,8,10-11,13-15H2,1-3H3,(H2,20,21,22). The molecule has 0 spiro atoms. The van der Waals surface area contributed by atoms with E-state index in [1.165, 1.54) is 32.1 Å². The molecule has 140 valence electrons. The lowest BCUT2D eigenvalue weighted by Crippen LogP contribution is -2.37. The first-order valence-electron chi connectivity index (χ1n) is 9.38. The quantitative estimate of drug-likeness (QED) is 0.430. The number of ether oxygens (including phenoxy) is 1. The first-order chi connectivity index (χ1) is 12.2. The van der Waals surface area contributed by atoms with Gasteiger partial charge in [-0.25, -0.2) is 4.98 Å². The molecule has 1 saturated carbocycles. The predicted molar refractivity (Wildman–Crippen MR) is 104 cm³/mol. The monoisotopic (exact) mass is 347 g/mol. The van der Waals surface area contributed by atoms with Crippen molar-refractivity contribution in [3.63, 3.8) is 0 Å². The van der Waals surface area contributed by atoms with Crippen molar-refractivity contribution in [2.75, 3.05) is 39.2 Å². The zero-order valence-corrected chi connectivity index (χ0v) is 15.9. The van der Waals surface area contributed by atoms with Crippen molar-refractivity contribution >= 4 is 11.8 Å². The number of rotatable bonds is 8. The highest BCUT2D eigenvalue weighted by atomic mass is 16.5. The van der Waals surface area contributed by atoms with Crippen LogP contribution in [-0.2, 0) is 11.3 Å². The van der Waals surface area contributed by atoms with Crippen LogP contribution in [0.2, 0.25) is 0 Å². The molecule has 0 aliphatic heterocycles. The van der Waals surface area contributed by atoms with Gasteiger partial charge in [-0.05, 0) is 31.4 Å². The molecule has 1 fully saturated rings. The van der Waals surface area contributed by atoms with E-state index in [-0.39, 0.29) is 0 Å². The van der Waals surface area contributed by atoms with Crippen LogP contribution in [0.3, 0.4) is 0 Å². The van der Waals surface area contributed by atoms with Crippen molar-refractivity contribution in [3.05, 3.63) is 23.9 Å². The first-order valence-corrected chi connectivity index (χ1v) is 9.38. The Balaban J connectivity index is 1.62. The average molecular weight is 348 g/mol. The molecule has 2 rings (SSSR count). The van der Waals surface area contributed by atoms with Gasteiger partial charge in [0.05, 0.1) is 18.3 Å². The van der Waals surface area contributed by atoms with Gasteiger partial charge < -0.3 is 20.3 Å². The van der Waals surface area contributed by atoms with Gasteiger partial charge in [0.15, 0.2) is 5.96 Å². The molecule has 2 N–H and O–H groups in total. The number of nitrogens with zero attached hydrogens (tertiary/aromatic N) is 3. The SMILES string of the molecule is CN=C(NCCCOC1CCCCC1)NCc1cccc(N(C)C)n1. The van der Waals surface area contributed by atoms with Crippen LogP contribution in [-0.4, -0.2) is 51.3 Å². The molecule has 0 aromatic carbocycles. The average Bonchev–Trinajstić information content (AvgIpc) is 2.65. The molecule has 6 nitrogen and oxygen atoms in total. The van der Waals surface area contributed by atoms with Crippen molar-refractivity contribution in [2.24, 2.45) is 4.99 Å². The summed E-state index contributed by atoms with van der Waals surface area (Å²) in [5.41, 5.74) is 0.995. The lowest BCUT2D eigenvalue weighted by molar-refractivity contribution is 0.0277. The molecule has 0 bridgehead atoms. The Hall–Kier alpha value is -1.82. The number of aliphatic imine (C=N–C) groups is 1. The maximum Gasteiger partial charge on any atom is 0.191 e. The largest absolute Gasteiger partial charge is 0.378 e. The van der Waals surface area contributed by atoms with Gasteiger partial charge in [-0.15, -0.1) is 0 Å². The molecule has 0 unspecified atom stereocenters. The highest BCUT2D eigenvalue weighted by molar-refractivity contribution is 5.79. The van der Waals surface area contributed by atoms with E-state index in [2.05, 4.69) is 20.6 Å². The van der Waals surface area contributed by atoms with E-state index in [0.29, 0.717) is 12.6 Å². The third kappa shape index (κ3) is 7.30. The fraction of sp³-hybridized carbons (Fsp3) is 0.684. The lowest BCUT2D eigenvalue weighted by Gasteiger charge is -2.22. The second-order valence-electron chi connectivity index (χ2n) is 6.72. The van der Waals surface area contributed by atoms with Gasteiger partial charge in [0.25, 0.3) is 0 Å². The predicted octanol–water partition coefficient (Wildman–Crippen LogP) is 2.55. The second-order valence-corrected chi connectivity index (χ2v) is 6.72. The lowest BCUT2D eigenvalue weighted by atomic mass is 9.98. The summed E-state index contributed by atoms with van der Waals surface area (Å²) in [7, 11) is 5.78. The number of anilines is 1. The summed E-state index contributed by atoms with van der Waals surface area (Å²) in [6, 6.07) is 6.05. The molecule has 0 saturated heterocycles. The number of pyridine rings is 1. The van der Waals surface area contributed by atoms with E-state index in [9.17, 15) is 0 Å². The summed E-state index contributed by atoms with van der Waals surface area (Å²) in [5.74, 6) is 1.76. The summed E-state index contributed by atoms with van der Waals surface area (Å²) >= 11 is 0. The van der Waals surface area contributed by atoms with Crippen LogP contribution in [0.1, 0.15) is 44.2 Å². The summed E-state index contributed by atoms with van der Waals surface area (Å²) < 4.78 is 5.95. The van der Waals surface area contributed by atoms with Gasteiger partial charge >= 0.3 is 0 Å². The van der Waals surface area contributed by atoms with Crippen LogP contribution in [0.4, 0.5) is 5.82 Å². The minimum atomic E-state index is 0.487. The molecular formula is C19H33N5O. The number of hydrogen-bond acceptors (Lipinski definition) is 4. The van der Waals surface area contributed by atoms with E-state index in [1.807, 2.05) is 37.2 Å². The highest BCUT2D eigenvalue weighted by Crippen LogP contribution is 2.20. The Labute approximate surface area is 152 Å². The molecule has 25 heavy (non-hydrogen) atoms. The Morgan fingerprint density at radius 2 is 2.04 bits per heavy atom. The van der Waals surface area contributed by atoms with Gasteiger partial charge in [0, 0.05) is 34.3 Å². The normalized spacial score (nSPS) is 15.9. The van der Waals surface area contributed by atoms with Crippen molar-refractivity contribution in [2.45, 2.75) is 51.2 Å². The molecule has 1 heterocycles. The number of aromatic nitrogens is 1. The Morgan fingerprint density at radius 1 is 1.24 bits per heavy atom. The molecule has 6 heteroatoms. The van der Waals surface area contributed by atoms with Crippen LogP contribution < -0.4 is 15.5 Å². The summed E-state index contributed by atoms with van der Waals surface area (Å²) in [6.45, 7) is 2.33. The Morgan fingerprint density at radius 3 is 2.76 bits per heavy atom. The van der Waals surface area contributed by atoms with Gasteiger partial charge in [0.2, 0.25) is 0 Å². The van der Waals surface area contributed by atoms with Gasteiger partial charge in [-0.2, -0.15) is 0 Å². The van der Waals surface area contributed by atoms with Crippen molar-refractivity contribution in [3.8, 4) is 0 Å². The first kappa shape index (κ1) is 19.5. The molecule has 1 aliphatic carbocycles. The fourth-order valence-corrected chi connectivity index (χ4v) is 2.97. The van der Waals surface area contributed by atoms with E-state index in [0.717, 1.165) is 37.0 Å². The summed E-state index contributed by atoms with van der Waals surface area (Å²) in [4.78, 5) is 10.9. The van der Waals surface area contributed by atoms with Crippen molar-refractivity contribution in [1.82, 2.24) is 15.6 Å². The van der Waals surface area contributed by atoms with Crippen LogP contribution in [0, 0.1) is 0 Å². The smallest absolute Gasteiger partial charge is 0.191 e. The zero-order chi connectivity index (χ0) is 17.9. The zero-order valence-electron chi connectivity index (χ0n) is 15.9. The van der Waals surface area contributed by atoms with Gasteiger partial charge in [-0.1, -0.05) is 25.3 Å². The number of hydrogen-bond donors (Lipinski definition) is 2. The number of nitrogens with one attached hydrogen (secondary N) is 2. The van der Waals surface area contributed by atoms with E-state index in [4.69, 9.17) is 4.74 Å². The van der Waals surface area contributed by atoms with Gasteiger partial charge in [-0.3, -0.25) is 4.99 Å². The van der Waals surface area contributed by atoms with Crippen LogP contribution in [0.15, 0.2) is 23.2 Å². The topological polar surface area (TPSA) is 61.8 Å². The second kappa shape index (κ2) is 10.9. The number of guanidine groups is 1. The van der Waals surface area contributed by atoms with E-state index >= 15 is 0 Å². The summed E-state index contributed by atoms with van der Waals surface area (Å²) in [5, 5.41) is 6.64. The molecule has 0 radical (unpaired) electrons. The Bertz CT molecular complexity index is 526. The molecular weight excluding hydrogens is 314 g/mol. The van der Waals surface area contributed by atoms with E-state index in [1.54, 1.807) is 7.05 Å². The Kier molecular flexibility index (Phi) is 8.52. The maximum absolute atomic E-state index is 5.95. The van der Waals surface area contributed by atoms with Crippen molar-refractivity contribution < 1.29 is 4.74 Å². The van der Waals surface area contributed by atoms with E-state index < -0.39 is 0 Å². The van der Waals surface area contributed by atoms with Crippen molar-refractivity contribution in [1.29, 1.82) is 0 Å². The molecule has 0 amide bonds. The molecule has 1 aromatic heterocycles. The molecule has 1 aliphatic rings. The minimum Gasteiger partial charge on any atom is -0.378 e.